The van der Waals surface area contributed by atoms with Crippen molar-refractivity contribution in [3.63, 3.8) is 0 Å². The van der Waals surface area contributed by atoms with Crippen LogP contribution in [0.4, 0.5) is 17.1 Å². The maximum atomic E-state index is 13.2. The summed E-state index contributed by atoms with van der Waals surface area (Å²) in [5.74, 6) is -0.0722. The summed E-state index contributed by atoms with van der Waals surface area (Å²) in [6.45, 7) is 0. The third kappa shape index (κ3) is 6.68. The summed E-state index contributed by atoms with van der Waals surface area (Å²) in [4.78, 5) is 14.2. The minimum absolute atomic E-state index is 0.0722. The zero-order valence-corrected chi connectivity index (χ0v) is 19.4. The molecule has 0 fully saturated rings. The predicted octanol–water partition coefficient (Wildman–Crippen LogP) is 6.97. The van der Waals surface area contributed by atoms with E-state index in [9.17, 15) is 4.79 Å². The van der Waals surface area contributed by atoms with Crippen molar-refractivity contribution in [2.45, 2.75) is 10.1 Å². The molecular weight excluding hydrogens is 446 g/mol. The van der Waals surface area contributed by atoms with E-state index in [0.717, 1.165) is 27.5 Å². The van der Waals surface area contributed by atoms with Gasteiger partial charge in [-0.25, -0.2) is 0 Å². The number of hydrogen-bond acceptors (Lipinski definition) is 3. The predicted molar refractivity (Wildman–Crippen MR) is 143 cm³/mol. The number of carbonyl (C=O) groups excluding carboxylic acids is 1. The maximum absolute atomic E-state index is 13.2. The Kier molecular flexibility index (Phi) is 7.74. The summed E-state index contributed by atoms with van der Waals surface area (Å²) in [5.41, 5.74) is 3.48. The molecule has 1 amide bonds. The number of amides is 1. The SMILES string of the molecule is O=C(Nc1ccccc1)C(Sc1cccc(NC(=S)Nc2ccccc2)c1)c1ccccc1. The Morgan fingerprint density at radius 3 is 1.79 bits per heavy atom. The molecule has 0 saturated carbocycles. The number of rotatable bonds is 7. The minimum atomic E-state index is -0.406. The Morgan fingerprint density at radius 2 is 1.15 bits per heavy atom. The number of nitrogens with one attached hydrogen (secondary N) is 3. The molecule has 4 aromatic rings. The van der Waals surface area contributed by atoms with E-state index in [2.05, 4.69) is 16.0 Å². The van der Waals surface area contributed by atoms with E-state index in [-0.39, 0.29) is 5.91 Å². The second-order valence-corrected chi connectivity index (χ2v) is 8.82. The number of anilines is 3. The van der Waals surface area contributed by atoms with Gasteiger partial charge in [0.15, 0.2) is 5.11 Å². The van der Waals surface area contributed by atoms with Gasteiger partial charge in [0.2, 0.25) is 5.91 Å². The molecule has 0 heterocycles. The first-order valence-corrected chi connectivity index (χ1v) is 11.8. The number of thiocarbonyl (C=S) groups is 1. The van der Waals surface area contributed by atoms with E-state index in [1.165, 1.54) is 11.8 Å². The van der Waals surface area contributed by atoms with Gasteiger partial charge in [-0.3, -0.25) is 4.79 Å². The summed E-state index contributed by atoms with van der Waals surface area (Å²) in [5, 5.41) is 9.52. The van der Waals surface area contributed by atoms with Crippen LogP contribution in [0, 0.1) is 0 Å². The highest BCUT2D eigenvalue weighted by atomic mass is 32.2. The maximum Gasteiger partial charge on any atom is 0.242 e. The molecule has 0 spiro atoms. The van der Waals surface area contributed by atoms with Crippen molar-refractivity contribution in [2.75, 3.05) is 16.0 Å². The summed E-state index contributed by atoms with van der Waals surface area (Å²) in [7, 11) is 0. The Morgan fingerprint density at radius 1 is 0.636 bits per heavy atom. The van der Waals surface area contributed by atoms with E-state index in [4.69, 9.17) is 12.2 Å². The quantitative estimate of drug-likeness (QED) is 0.202. The van der Waals surface area contributed by atoms with Gasteiger partial charge in [-0.05, 0) is 60.2 Å². The highest BCUT2D eigenvalue weighted by Crippen LogP contribution is 2.37. The lowest BCUT2D eigenvalue weighted by atomic mass is 10.1. The first-order valence-electron chi connectivity index (χ1n) is 10.5. The Balaban J connectivity index is 1.49. The lowest BCUT2D eigenvalue weighted by Gasteiger charge is -2.18. The van der Waals surface area contributed by atoms with Crippen LogP contribution < -0.4 is 16.0 Å². The van der Waals surface area contributed by atoms with Gasteiger partial charge < -0.3 is 16.0 Å². The molecule has 0 aliphatic carbocycles. The molecule has 1 atom stereocenters. The normalized spacial score (nSPS) is 11.3. The molecular formula is C27H23N3OS2. The molecule has 0 saturated heterocycles. The standard InChI is InChI=1S/C27H23N3OS2/c31-26(28-21-13-6-2-7-14-21)25(20-11-4-1-5-12-20)33-24-18-10-17-23(19-24)30-27(32)29-22-15-8-3-9-16-22/h1-19,25H,(H,28,31)(H2,29,30,32). The molecule has 164 valence electrons. The van der Waals surface area contributed by atoms with Gasteiger partial charge in [0, 0.05) is 22.0 Å². The molecule has 0 bridgehead atoms. The van der Waals surface area contributed by atoms with E-state index < -0.39 is 5.25 Å². The highest BCUT2D eigenvalue weighted by molar-refractivity contribution is 8.00. The average Bonchev–Trinajstić information content (AvgIpc) is 2.84. The minimum Gasteiger partial charge on any atom is -0.332 e. The molecule has 0 aliphatic rings. The van der Waals surface area contributed by atoms with Crippen molar-refractivity contribution in [1.29, 1.82) is 0 Å². The van der Waals surface area contributed by atoms with Crippen LogP contribution in [0.25, 0.3) is 0 Å². The van der Waals surface area contributed by atoms with Gasteiger partial charge in [-0.1, -0.05) is 72.8 Å². The number of para-hydroxylation sites is 2. The molecule has 4 aromatic carbocycles. The molecule has 6 heteroatoms. The van der Waals surface area contributed by atoms with Gasteiger partial charge in [0.25, 0.3) is 0 Å². The number of benzene rings is 4. The third-order valence-electron chi connectivity index (χ3n) is 4.76. The fourth-order valence-corrected chi connectivity index (χ4v) is 4.55. The second kappa shape index (κ2) is 11.3. The second-order valence-electron chi connectivity index (χ2n) is 7.24. The van der Waals surface area contributed by atoms with Crippen molar-refractivity contribution >= 4 is 52.1 Å². The van der Waals surface area contributed by atoms with Crippen molar-refractivity contribution < 1.29 is 4.79 Å². The Bertz CT molecular complexity index is 1200. The van der Waals surface area contributed by atoms with Gasteiger partial charge in [0.1, 0.15) is 5.25 Å². The first kappa shape index (κ1) is 22.6. The van der Waals surface area contributed by atoms with Crippen molar-refractivity contribution in [3.8, 4) is 0 Å². The third-order valence-corrected chi connectivity index (χ3v) is 6.21. The van der Waals surface area contributed by atoms with E-state index in [1.54, 1.807) is 0 Å². The van der Waals surface area contributed by atoms with Crippen LogP contribution in [0.5, 0.6) is 0 Å². The van der Waals surface area contributed by atoms with Crippen molar-refractivity contribution in [2.24, 2.45) is 0 Å². The fourth-order valence-electron chi connectivity index (χ4n) is 3.23. The zero-order valence-electron chi connectivity index (χ0n) is 17.8. The van der Waals surface area contributed by atoms with E-state index in [1.807, 2.05) is 115 Å². The monoisotopic (exact) mass is 469 g/mol. The van der Waals surface area contributed by atoms with Crippen LogP contribution in [0.1, 0.15) is 10.8 Å². The largest absolute Gasteiger partial charge is 0.332 e. The van der Waals surface area contributed by atoms with Gasteiger partial charge in [-0.15, -0.1) is 11.8 Å². The topological polar surface area (TPSA) is 53.2 Å². The molecule has 0 aromatic heterocycles. The summed E-state index contributed by atoms with van der Waals surface area (Å²) < 4.78 is 0. The summed E-state index contributed by atoms with van der Waals surface area (Å²) in [6, 6.07) is 37.0. The summed E-state index contributed by atoms with van der Waals surface area (Å²) >= 11 is 6.95. The molecule has 0 aliphatic heterocycles. The zero-order chi connectivity index (χ0) is 22.9. The van der Waals surface area contributed by atoms with Crippen LogP contribution in [-0.4, -0.2) is 11.0 Å². The Labute approximate surface area is 203 Å². The Hall–Kier alpha value is -3.61. The number of thioether (sulfide) groups is 1. The molecule has 4 nitrogen and oxygen atoms in total. The fraction of sp³-hybridized carbons (Fsp3) is 0.0370. The van der Waals surface area contributed by atoms with Crippen molar-refractivity contribution in [1.82, 2.24) is 0 Å². The van der Waals surface area contributed by atoms with Gasteiger partial charge >= 0.3 is 0 Å². The lowest BCUT2D eigenvalue weighted by Crippen LogP contribution is -2.19. The smallest absolute Gasteiger partial charge is 0.242 e. The van der Waals surface area contributed by atoms with Gasteiger partial charge in [-0.2, -0.15) is 0 Å². The average molecular weight is 470 g/mol. The molecule has 3 N–H and O–H groups in total. The van der Waals surface area contributed by atoms with Crippen LogP contribution in [0.2, 0.25) is 0 Å². The van der Waals surface area contributed by atoms with Crippen molar-refractivity contribution in [3.05, 3.63) is 121 Å². The van der Waals surface area contributed by atoms with Crippen LogP contribution in [0.15, 0.2) is 120 Å². The molecule has 0 radical (unpaired) electrons. The molecule has 1 unspecified atom stereocenters. The van der Waals surface area contributed by atoms with E-state index in [0.29, 0.717) is 5.11 Å². The number of carbonyl (C=O) groups is 1. The lowest BCUT2D eigenvalue weighted by molar-refractivity contribution is -0.115. The van der Waals surface area contributed by atoms with E-state index >= 15 is 0 Å². The highest BCUT2D eigenvalue weighted by Gasteiger charge is 2.22. The summed E-state index contributed by atoms with van der Waals surface area (Å²) in [6.07, 6.45) is 0. The molecule has 33 heavy (non-hydrogen) atoms. The number of hydrogen-bond donors (Lipinski definition) is 3. The molecule has 4 rings (SSSR count). The van der Waals surface area contributed by atoms with Crippen LogP contribution in [-0.2, 0) is 4.79 Å². The first-order chi connectivity index (χ1) is 16.2. The van der Waals surface area contributed by atoms with Crippen LogP contribution >= 0.6 is 24.0 Å². The van der Waals surface area contributed by atoms with Crippen LogP contribution in [0.3, 0.4) is 0 Å². The van der Waals surface area contributed by atoms with Gasteiger partial charge in [0.05, 0.1) is 0 Å².